The van der Waals surface area contributed by atoms with Gasteiger partial charge in [0.05, 0.1) is 0 Å². The number of carboxylic acids is 1. The highest BCUT2D eigenvalue weighted by Gasteiger charge is 2.28. The number of hydrogen-bond acceptors (Lipinski definition) is 2. The highest BCUT2D eigenvalue weighted by atomic mass is 79.9. The molecular formula is C17H24BrNO2. The number of halogens is 1. The van der Waals surface area contributed by atoms with Gasteiger partial charge in [-0.1, -0.05) is 55.3 Å². The maximum absolute atomic E-state index is 11.4. The average molecular weight is 354 g/mol. The van der Waals surface area contributed by atoms with Crippen LogP contribution in [0.5, 0.6) is 0 Å². The Morgan fingerprint density at radius 3 is 2.67 bits per heavy atom. The summed E-state index contributed by atoms with van der Waals surface area (Å²) in [6, 6.07) is 6.08. The van der Waals surface area contributed by atoms with Crippen LogP contribution in [-0.4, -0.2) is 28.6 Å². The SMILES string of the molecule is CC(C)(C)c1ccc(CN2CCCCC2C(=O)O)cc1Br. The molecule has 2 rings (SSSR count). The standard InChI is InChI=1S/C17H24BrNO2/c1-17(2,3)13-8-7-12(10-14(13)18)11-19-9-5-4-6-15(19)16(20)21/h7-8,10,15H,4-6,9,11H2,1-3H3,(H,20,21). The van der Waals surface area contributed by atoms with Crippen molar-refractivity contribution < 1.29 is 9.90 Å². The summed E-state index contributed by atoms with van der Waals surface area (Å²) in [4.78, 5) is 13.4. The van der Waals surface area contributed by atoms with E-state index in [-0.39, 0.29) is 11.5 Å². The summed E-state index contributed by atoms with van der Waals surface area (Å²) in [5.74, 6) is -0.694. The van der Waals surface area contributed by atoms with Gasteiger partial charge in [-0.2, -0.15) is 0 Å². The van der Waals surface area contributed by atoms with Crippen molar-refractivity contribution in [3.05, 3.63) is 33.8 Å². The number of piperidine rings is 1. The predicted octanol–water partition coefficient (Wildman–Crippen LogP) is 4.19. The molecule has 3 nitrogen and oxygen atoms in total. The molecule has 1 aromatic rings. The van der Waals surface area contributed by atoms with Crippen LogP contribution in [0.1, 0.15) is 51.2 Å². The summed E-state index contributed by atoms with van der Waals surface area (Å²) in [5, 5.41) is 9.34. The van der Waals surface area contributed by atoms with Crippen LogP contribution in [0, 0.1) is 0 Å². The Balaban J connectivity index is 2.16. The van der Waals surface area contributed by atoms with E-state index >= 15 is 0 Å². The third-order valence-electron chi connectivity index (χ3n) is 4.13. The second kappa shape index (κ2) is 6.49. The molecule has 1 aliphatic heterocycles. The molecule has 1 atom stereocenters. The van der Waals surface area contributed by atoms with Crippen molar-refractivity contribution in [3.63, 3.8) is 0 Å². The molecule has 4 heteroatoms. The molecule has 1 aliphatic rings. The fourth-order valence-corrected chi connectivity index (χ4v) is 3.98. The molecule has 1 saturated heterocycles. The summed E-state index contributed by atoms with van der Waals surface area (Å²) in [6.45, 7) is 8.16. The molecule has 0 aliphatic carbocycles. The van der Waals surface area contributed by atoms with Crippen LogP contribution in [0.15, 0.2) is 22.7 Å². The quantitative estimate of drug-likeness (QED) is 0.885. The molecule has 0 bridgehead atoms. The first-order chi connectivity index (χ1) is 9.79. The lowest BCUT2D eigenvalue weighted by molar-refractivity contribution is -0.144. The number of carboxylic acid groups (broad SMARTS) is 1. The molecule has 0 radical (unpaired) electrons. The normalized spacial score (nSPS) is 20.5. The van der Waals surface area contributed by atoms with E-state index in [2.05, 4.69) is 59.8 Å². The minimum atomic E-state index is -0.694. The van der Waals surface area contributed by atoms with E-state index in [1.54, 1.807) is 0 Å². The summed E-state index contributed by atoms with van der Waals surface area (Å²) in [6.07, 6.45) is 2.86. The Kier molecular flexibility index (Phi) is 5.10. The summed E-state index contributed by atoms with van der Waals surface area (Å²) in [7, 11) is 0. The van der Waals surface area contributed by atoms with E-state index in [0.717, 1.165) is 30.3 Å². The predicted molar refractivity (Wildman–Crippen MR) is 88.5 cm³/mol. The van der Waals surface area contributed by atoms with Crippen molar-refractivity contribution in [2.24, 2.45) is 0 Å². The van der Waals surface area contributed by atoms with Gasteiger partial charge in [-0.05, 0) is 42.0 Å². The zero-order valence-electron chi connectivity index (χ0n) is 13.0. The first-order valence-corrected chi connectivity index (χ1v) is 8.34. The van der Waals surface area contributed by atoms with Crippen LogP contribution in [0.2, 0.25) is 0 Å². The highest BCUT2D eigenvalue weighted by Crippen LogP contribution is 2.31. The van der Waals surface area contributed by atoms with Gasteiger partial charge < -0.3 is 5.11 Å². The number of rotatable bonds is 3. The maximum Gasteiger partial charge on any atom is 0.320 e. The lowest BCUT2D eigenvalue weighted by atomic mass is 9.86. The maximum atomic E-state index is 11.4. The van der Waals surface area contributed by atoms with Crippen LogP contribution in [0.4, 0.5) is 0 Å². The largest absolute Gasteiger partial charge is 0.480 e. The lowest BCUT2D eigenvalue weighted by Crippen LogP contribution is -2.44. The molecule has 1 aromatic carbocycles. The van der Waals surface area contributed by atoms with E-state index in [1.807, 2.05) is 0 Å². The zero-order chi connectivity index (χ0) is 15.6. The Hall–Kier alpha value is -0.870. The second-order valence-corrected chi connectivity index (χ2v) is 7.74. The van der Waals surface area contributed by atoms with E-state index in [1.165, 1.54) is 11.1 Å². The Morgan fingerprint density at radius 2 is 2.10 bits per heavy atom. The third kappa shape index (κ3) is 4.07. The zero-order valence-corrected chi connectivity index (χ0v) is 14.6. The molecule has 0 amide bonds. The lowest BCUT2D eigenvalue weighted by Gasteiger charge is -2.33. The van der Waals surface area contributed by atoms with Crippen LogP contribution >= 0.6 is 15.9 Å². The number of aliphatic carboxylic acids is 1. The van der Waals surface area contributed by atoms with Crippen LogP contribution in [-0.2, 0) is 16.8 Å². The first kappa shape index (κ1) is 16.5. The topological polar surface area (TPSA) is 40.5 Å². The third-order valence-corrected chi connectivity index (χ3v) is 4.78. The fourth-order valence-electron chi connectivity index (χ4n) is 2.96. The minimum Gasteiger partial charge on any atom is -0.480 e. The second-order valence-electron chi connectivity index (χ2n) is 6.88. The Morgan fingerprint density at radius 1 is 1.38 bits per heavy atom. The summed E-state index contributed by atoms with van der Waals surface area (Å²) < 4.78 is 1.11. The average Bonchev–Trinajstić information content (AvgIpc) is 2.37. The summed E-state index contributed by atoms with van der Waals surface area (Å²) >= 11 is 3.66. The van der Waals surface area contributed by atoms with Crippen molar-refractivity contribution in [1.82, 2.24) is 4.90 Å². The van der Waals surface area contributed by atoms with Gasteiger partial charge in [0.15, 0.2) is 0 Å². The molecule has 0 aromatic heterocycles. The summed E-state index contributed by atoms with van der Waals surface area (Å²) in [5.41, 5.74) is 2.55. The number of benzene rings is 1. The van der Waals surface area contributed by atoms with E-state index in [0.29, 0.717) is 6.54 Å². The van der Waals surface area contributed by atoms with Gasteiger partial charge in [0.1, 0.15) is 6.04 Å². The molecule has 1 N–H and O–H groups in total. The van der Waals surface area contributed by atoms with Gasteiger partial charge >= 0.3 is 5.97 Å². The van der Waals surface area contributed by atoms with Crippen molar-refractivity contribution in [2.45, 2.75) is 58.0 Å². The van der Waals surface area contributed by atoms with Crippen LogP contribution in [0.25, 0.3) is 0 Å². The molecule has 21 heavy (non-hydrogen) atoms. The van der Waals surface area contributed by atoms with Gasteiger partial charge in [0.2, 0.25) is 0 Å². The van der Waals surface area contributed by atoms with E-state index < -0.39 is 5.97 Å². The monoisotopic (exact) mass is 353 g/mol. The molecule has 116 valence electrons. The van der Waals surface area contributed by atoms with Gasteiger partial charge in [-0.15, -0.1) is 0 Å². The number of likely N-dealkylation sites (tertiary alicyclic amines) is 1. The van der Waals surface area contributed by atoms with Gasteiger partial charge in [0, 0.05) is 11.0 Å². The number of hydrogen-bond donors (Lipinski definition) is 1. The Labute approximate surface area is 135 Å². The van der Waals surface area contributed by atoms with Crippen LogP contribution < -0.4 is 0 Å². The fraction of sp³-hybridized carbons (Fsp3) is 0.588. The van der Waals surface area contributed by atoms with Crippen molar-refractivity contribution in [1.29, 1.82) is 0 Å². The number of nitrogens with zero attached hydrogens (tertiary/aromatic N) is 1. The first-order valence-electron chi connectivity index (χ1n) is 7.55. The van der Waals surface area contributed by atoms with Crippen molar-refractivity contribution in [2.75, 3.05) is 6.54 Å². The van der Waals surface area contributed by atoms with Crippen molar-refractivity contribution >= 4 is 21.9 Å². The molecule has 0 spiro atoms. The highest BCUT2D eigenvalue weighted by molar-refractivity contribution is 9.10. The molecule has 0 saturated carbocycles. The van der Waals surface area contributed by atoms with Gasteiger partial charge in [0.25, 0.3) is 0 Å². The Bertz CT molecular complexity index is 522. The van der Waals surface area contributed by atoms with Gasteiger partial charge in [-0.25, -0.2) is 0 Å². The molecule has 1 heterocycles. The molecule has 1 fully saturated rings. The smallest absolute Gasteiger partial charge is 0.320 e. The molecule has 1 unspecified atom stereocenters. The number of carbonyl (C=O) groups is 1. The molecular weight excluding hydrogens is 330 g/mol. The minimum absolute atomic E-state index is 0.103. The van der Waals surface area contributed by atoms with Gasteiger partial charge in [-0.3, -0.25) is 9.69 Å². The van der Waals surface area contributed by atoms with E-state index in [4.69, 9.17) is 0 Å². The van der Waals surface area contributed by atoms with Crippen molar-refractivity contribution in [3.8, 4) is 0 Å². The van der Waals surface area contributed by atoms with Crippen LogP contribution in [0.3, 0.4) is 0 Å². The van der Waals surface area contributed by atoms with E-state index in [9.17, 15) is 9.90 Å².